The molecule has 1 unspecified atom stereocenters. The Bertz CT molecular complexity index is 62.1. The van der Waals surface area contributed by atoms with E-state index in [0.717, 1.165) is 6.42 Å². The minimum Gasteiger partial charge on any atom is -0.395 e. The molecule has 0 heterocycles. The van der Waals surface area contributed by atoms with Crippen LogP contribution in [0, 0.1) is 5.92 Å². The average molecular weight is 132 g/mol. The van der Waals surface area contributed by atoms with Gasteiger partial charge in [-0.25, -0.2) is 0 Å². The minimum absolute atomic E-state index is 0.0602. The van der Waals surface area contributed by atoms with E-state index >= 15 is 0 Å². The number of nitrogens with one attached hydrogen (secondary N) is 1. The van der Waals surface area contributed by atoms with Crippen LogP contribution in [-0.2, 0) is 0 Å². The third kappa shape index (κ3) is 4.39. The lowest BCUT2D eigenvalue weighted by atomic mass is 10.1. The number of nitrogens with two attached hydrogens (primary N) is 1. The van der Waals surface area contributed by atoms with Crippen molar-refractivity contribution < 1.29 is 5.11 Å². The first-order valence-corrected chi connectivity index (χ1v) is 3.27. The largest absolute Gasteiger partial charge is 0.395 e. The summed E-state index contributed by atoms with van der Waals surface area (Å²) in [5, 5.41) is 8.63. The molecule has 0 bridgehead atoms. The predicted octanol–water partition coefficient (Wildman–Crippen LogP) is -0.143. The second kappa shape index (κ2) is 4.73. The van der Waals surface area contributed by atoms with Crippen molar-refractivity contribution in [3.8, 4) is 0 Å². The van der Waals surface area contributed by atoms with Crippen LogP contribution in [0.25, 0.3) is 0 Å². The summed E-state index contributed by atoms with van der Waals surface area (Å²) in [5.41, 5.74) is 2.53. The topological polar surface area (TPSA) is 58.3 Å². The Morgan fingerprint density at radius 1 is 1.56 bits per heavy atom. The zero-order valence-electron chi connectivity index (χ0n) is 6.09. The van der Waals surface area contributed by atoms with Gasteiger partial charge in [0.25, 0.3) is 0 Å². The number of hydrogen-bond donors (Lipinski definition) is 3. The fourth-order valence-corrected chi connectivity index (χ4v) is 0.764. The number of aliphatic hydroxyl groups is 1. The molecule has 0 saturated heterocycles. The van der Waals surface area contributed by atoms with E-state index in [-0.39, 0.29) is 12.6 Å². The summed E-state index contributed by atoms with van der Waals surface area (Å²) in [5.74, 6) is 5.70. The molecule has 0 aromatic heterocycles. The molecule has 0 aromatic rings. The standard InChI is InChI=1S/C6H16N2O/c1-5(2)3-6(4-9)8-7/h5-6,8-9H,3-4,7H2,1-2H3. The Hall–Kier alpha value is -0.120. The lowest BCUT2D eigenvalue weighted by molar-refractivity contribution is 0.225. The Balaban J connectivity index is 3.31. The zero-order chi connectivity index (χ0) is 7.28. The van der Waals surface area contributed by atoms with E-state index in [1.165, 1.54) is 0 Å². The molecule has 0 amide bonds. The molecule has 1 atom stereocenters. The van der Waals surface area contributed by atoms with Crippen LogP contribution in [0.1, 0.15) is 20.3 Å². The summed E-state index contributed by atoms with van der Waals surface area (Å²) >= 11 is 0. The molecule has 56 valence electrons. The van der Waals surface area contributed by atoms with Gasteiger partial charge in [-0.2, -0.15) is 0 Å². The molecule has 0 aliphatic rings. The van der Waals surface area contributed by atoms with Gasteiger partial charge in [0.2, 0.25) is 0 Å². The van der Waals surface area contributed by atoms with Gasteiger partial charge in [-0.3, -0.25) is 11.3 Å². The van der Waals surface area contributed by atoms with Crippen LogP contribution in [0.5, 0.6) is 0 Å². The van der Waals surface area contributed by atoms with Crippen molar-refractivity contribution in [2.75, 3.05) is 6.61 Å². The molecule has 4 N–H and O–H groups in total. The van der Waals surface area contributed by atoms with E-state index in [1.807, 2.05) is 0 Å². The SMILES string of the molecule is CC(C)CC(CO)NN. The summed E-state index contributed by atoms with van der Waals surface area (Å²) < 4.78 is 0. The van der Waals surface area contributed by atoms with Gasteiger partial charge in [0.15, 0.2) is 0 Å². The summed E-state index contributed by atoms with van der Waals surface area (Å²) in [6.07, 6.45) is 0.924. The van der Waals surface area contributed by atoms with Crippen molar-refractivity contribution in [2.24, 2.45) is 11.8 Å². The molecule has 0 rings (SSSR count). The number of hydrazine groups is 1. The Kier molecular flexibility index (Phi) is 4.67. The van der Waals surface area contributed by atoms with Crippen molar-refractivity contribution in [1.29, 1.82) is 0 Å². The maximum Gasteiger partial charge on any atom is 0.0598 e. The van der Waals surface area contributed by atoms with Gasteiger partial charge < -0.3 is 5.11 Å². The van der Waals surface area contributed by atoms with Gasteiger partial charge in [-0.15, -0.1) is 0 Å². The van der Waals surface area contributed by atoms with Gasteiger partial charge in [0, 0.05) is 6.04 Å². The third-order valence-electron chi connectivity index (χ3n) is 1.21. The van der Waals surface area contributed by atoms with Gasteiger partial charge in [0.1, 0.15) is 0 Å². The first-order valence-electron chi connectivity index (χ1n) is 3.27. The first-order chi connectivity index (χ1) is 4.20. The molecule has 9 heavy (non-hydrogen) atoms. The van der Waals surface area contributed by atoms with E-state index in [4.69, 9.17) is 10.9 Å². The predicted molar refractivity (Wildman–Crippen MR) is 37.7 cm³/mol. The molecular weight excluding hydrogens is 116 g/mol. The fraction of sp³-hybridized carbons (Fsp3) is 1.00. The van der Waals surface area contributed by atoms with Crippen molar-refractivity contribution in [3.05, 3.63) is 0 Å². The van der Waals surface area contributed by atoms with E-state index in [0.29, 0.717) is 5.92 Å². The van der Waals surface area contributed by atoms with Gasteiger partial charge in [-0.1, -0.05) is 13.8 Å². The van der Waals surface area contributed by atoms with Crippen LogP contribution in [0.15, 0.2) is 0 Å². The highest BCUT2D eigenvalue weighted by Gasteiger charge is 2.05. The average Bonchev–Trinajstić information content (AvgIpc) is 1.82. The second-order valence-corrected chi connectivity index (χ2v) is 2.68. The molecule has 0 aliphatic carbocycles. The maximum absolute atomic E-state index is 8.63. The molecule has 0 aromatic carbocycles. The monoisotopic (exact) mass is 132 g/mol. The zero-order valence-corrected chi connectivity index (χ0v) is 6.09. The van der Waals surface area contributed by atoms with Crippen molar-refractivity contribution in [3.63, 3.8) is 0 Å². The van der Waals surface area contributed by atoms with Crippen LogP contribution >= 0.6 is 0 Å². The molecule has 0 saturated carbocycles. The van der Waals surface area contributed by atoms with Crippen LogP contribution in [0.2, 0.25) is 0 Å². The maximum atomic E-state index is 8.63. The lowest BCUT2D eigenvalue weighted by Gasteiger charge is -2.14. The molecule has 0 fully saturated rings. The normalized spacial score (nSPS) is 14.3. The molecular formula is C6H16N2O. The van der Waals surface area contributed by atoms with E-state index < -0.39 is 0 Å². The van der Waals surface area contributed by atoms with Crippen LogP contribution < -0.4 is 11.3 Å². The van der Waals surface area contributed by atoms with E-state index in [1.54, 1.807) is 0 Å². The van der Waals surface area contributed by atoms with Gasteiger partial charge in [0.05, 0.1) is 6.61 Å². The lowest BCUT2D eigenvalue weighted by Crippen LogP contribution is -2.38. The molecule has 0 radical (unpaired) electrons. The summed E-state index contributed by atoms with van der Waals surface area (Å²) in [6, 6.07) is 0.0602. The highest BCUT2D eigenvalue weighted by molar-refractivity contribution is 4.62. The van der Waals surface area contributed by atoms with E-state index in [9.17, 15) is 0 Å². The summed E-state index contributed by atoms with van der Waals surface area (Å²) in [7, 11) is 0. The summed E-state index contributed by atoms with van der Waals surface area (Å²) in [6.45, 7) is 4.31. The summed E-state index contributed by atoms with van der Waals surface area (Å²) in [4.78, 5) is 0. The fourth-order valence-electron chi connectivity index (χ4n) is 0.764. The Morgan fingerprint density at radius 2 is 2.11 bits per heavy atom. The van der Waals surface area contributed by atoms with Gasteiger partial charge >= 0.3 is 0 Å². The van der Waals surface area contributed by atoms with Crippen molar-refractivity contribution in [1.82, 2.24) is 5.43 Å². The Morgan fingerprint density at radius 3 is 2.22 bits per heavy atom. The van der Waals surface area contributed by atoms with Gasteiger partial charge in [-0.05, 0) is 12.3 Å². The van der Waals surface area contributed by atoms with Crippen LogP contribution in [-0.4, -0.2) is 17.8 Å². The molecule has 0 aliphatic heterocycles. The molecule has 0 spiro atoms. The van der Waals surface area contributed by atoms with Crippen molar-refractivity contribution in [2.45, 2.75) is 26.3 Å². The van der Waals surface area contributed by atoms with E-state index in [2.05, 4.69) is 19.3 Å². The quantitative estimate of drug-likeness (QED) is 0.368. The smallest absolute Gasteiger partial charge is 0.0598 e. The molecule has 3 heteroatoms. The Labute approximate surface area is 56.2 Å². The highest BCUT2D eigenvalue weighted by Crippen LogP contribution is 2.02. The number of aliphatic hydroxyl groups excluding tert-OH is 1. The van der Waals surface area contributed by atoms with Crippen LogP contribution in [0.3, 0.4) is 0 Å². The number of hydrogen-bond acceptors (Lipinski definition) is 3. The molecule has 3 nitrogen and oxygen atoms in total. The second-order valence-electron chi connectivity index (χ2n) is 2.68. The highest BCUT2D eigenvalue weighted by atomic mass is 16.3. The first kappa shape index (κ1) is 8.88. The number of rotatable bonds is 4. The minimum atomic E-state index is 0.0602. The van der Waals surface area contributed by atoms with Crippen molar-refractivity contribution >= 4 is 0 Å². The van der Waals surface area contributed by atoms with Crippen LogP contribution in [0.4, 0.5) is 0 Å². The third-order valence-corrected chi connectivity index (χ3v) is 1.21.